The van der Waals surface area contributed by atoms with Gasteiger partial charge in [0.25, 0.3) is 11.6 Å². The lowest BCUT2D eigenvalue weighted by molar-refractivity contribution is -0.384. The second-order valence-electron chi connectivity index (χ2n) is 7.52. The van der Waals surface area contributed by atoms with E-state index in [0.29, 0.717) is 15.1 Å². The molecule has 0 saturated carbocycles. The number of hydrogen-bond donors (Lipinski definition) is 1. The minimum atomic E-state index is -4.77. The Morgan fingerprint density at radius 2 is 1.95 bits per heavy atom. The molecule has 186 valence electrons. The van der Waals surface area contributed by atoms with Gasteiger partial charge in [-0.15, -0.1) is 11.3 Å². The van der Waals surface area contributed by atoms with Gasteiger partial charge in [0.1, 0.15) is 11.5 Å². The molecule has 0 aliphatic rings. The van der Waals surface area contributed by atoms with Gasteiger partial charge in [-0.2, -0.15) is 18.3 Å². The van der Waals surface area contributed by atoms with Gasteiger partial charge < -0.3 is 10.1 Å². The largest absolute Gasteiger partial charge is 0.455 e. The third kappa shape index (κ3) is 5.08. The third-order valence-corrected chi connectivity index (χ3v) is 5.85. The number of nitro benzene ring substituents is 1. The van der Waals surface area contributed by atoms with Crippen LogP contribution in [0.5, 0.6) is 11.5 Å². The number of alkyl halides is 3. The van der Waals surface area contributed by atoms with Gasteiger partial charge in [0.2, 0.25) is 0 Å². The number of non-ortho nitro benzene ring substituents is 1. The Morgan fingerprint density at radius 3 is 2.62 bits per heavy atom. The van der Waals surface area contributed by atoms with Crippen LogP contribution in [0.25, 0.3) is 16.2 Å². The lowest BCUT2D eigenvalue weighted by atomic mass is 10.2. The van der Waals surface area contributed by atoms with Crippen LogP contribution in [0.1, 0.15) is 16.2 Å². The van der Waals surface area contributed by atoms with E-state index in [1.807, 2.05) is 0 Å². The highest BCUT2D eigenvalue weighted by Crippen LogP contribution is 2.34. The summed E-state index contributed by atoms with van der Waals surface area (Å²) >= 11 is 1.21. The van der Waals surface area contributed by atoms with Crippen LogP contribution in [-0.4, -0.2) is 30.4 Å². The first-order chi connectivity index (χ1) is 17.7. The molecule has 10 nitrogen and oxygen atoms in total. The van der Waals surface area contributed by atoms with Crippen molar-refractivity contribution < 1.29 is 27.6 Å². The highest BCUT2D eigenvalue weighted by atomic mass is 32.1. The number of amides is 1. The van der Waals surface area contributed by atoms with Crippen LogP contribution in [0.3, 0.4) is 0 Å². The van der Waals surface area contributed by atoms with Crippen molar-refractivity contribution in [1.29, 1.82) is 0 Å². The molecule has 4 heterocycles. The molecule has 0 bridgehead atoms. The molecule has 0 saturated heterocycles. The monoisotopic (exact) mass is 526 g/mol. The van der Waals surface area contributed by atoms with Gasteiger partial charge in [-0.25, -0.2) is 9.50 Å². The Morgan fingerprint density at radius 1 is 1.11 bits per heavy atom. The van der Waals surface area contributed by atoms with E-state index in [1.54, 1.807) is 29.6 Å². The van der Waals surface area contributed by atoms with Crippen LogP contribution >= 0.6 is 11.3 Å². The topological polar surface area (TPSA) is 125 Å². The molecule has 1 N–H and O–H groups in total. The molecule has 1 amide bonds. The summed E-state index contributed by atoms with van der Waals surface area (Å²) in [6.07, 6.45) is -1.86. The normalized spacial score (nSPS) is 11.4. The maximum Gasteiger partial charge on any atom is 0.433 e. The number of thiophene rings is 1. The summed E-state index contributed by atoms with van der Waals surface area (Å²) in [7, 11) is 0. The number of nitro groups is 1. The number of nitrogens with zero attached hydrogens (tertiary/aromatic N) is 5. The summed E-state index contributed by atoms with van der Waals surface area (Å²) in [5.41, 5.74) is -2.00. The minimum absolute atomic E-state index is 0.0292. The molecule has 0 aliphatic carbocycles. The Hall–Kier alpha value is -4.85. The first kappa shape index (κ1) is 23.9. The molecule has 0 spiro atoms. The Balaban J connectivity index is 1.49. The fourth-order valence-corrected chi connectivity index (χ4v) is 4.08. The highest BCUT2D eigenvalue weighted by Gasteiger charge is 2.35. The number of carbonyl (C=O) groups is 1. The summed E-state index contributed by atoms with van der Waals surface area (Å²) in [5, 5.41) is 19.3. The van der Waals surface area contributed by atoms with E-state index >= 15 is 0 Å². The van der Waals surface area contributed by atoms with Gasteiger partial charge in [-0.3, -0.25) is 19.9 Å². The highest BCUT2D eigenvalue weighted by molar-refractivity contribution is 7.13. The molecule has 0 radical (unpaired) electrons. The van der Waals surface area contributed by atoms with Crippen molar-refractivity contribution >= 4 is 34.3 Å². The number of anilines is 1. The van der Waals surface area contributed by atoms with E-state index in [4.69, 9.17) is 4.74 Å². The third-order valence-electron chi connectivity index (χ3n) is 4.95. The maximum atomic E-state index is 13.8. The van der Waals surface area contributed by atoms with Gasteiger partial charge in [-0.1, -0.05) is 6.07 Å². The SMILES string of the molecule is O=C(Nc1cc(Oc2cccnc2)cc([N+](=O)[O-])c1)c1cc2nc(-c3cccs3)cc(C(F)(F)F)n2n1. The number of ether oxygens (including phenoxy) is 1. The molecule has 14 heteroatoms. The minimum Gasteiger partial charge on any atom is -0.455 e. The second kappa shape index (κ2) is 9.31. The molecule has 1 aromatic carbocycles. The Labute approximate surface area is 209 Å². The van der Waals surface area contributed by atoms with Gasteiger partial charge in [0.15, 0.2) is 17.0 Å². The Bertz CT molecular complexity index is 1620. The lowest BCUT2D eigenvalue weighted by Crippen LogP contribution is -2.15. The Kier molecular flexibility index (Phi) is 6.01. The van der Waals surface area contributed by atoms with Crippen LogP contribution in [0.4, 0.5) is 24.5 Å². The van der Waals surface area contributed by atoms with Crippen molar-refractivity contribution in [2.45, 2.75) is 6.18 Å². The zero-order valence-electron chi connectivity index (χ0n) is 18.3. The number of fused-ring (bicyclic) bond motifs is 1. The maximum absolute atomic E-state index is 13.8. The molecule has 4 aromatic heterocycles. The number of rotatable bonds is 6. The van der Waals surface area contributed by atoms with Gasteiger partial charge >= 0.3 is 6.18 Å². The average molecular weight is 526 g/mol. The zero-order chi connectivity index (χ0) is 26.2. The predicted molar refractivity (Wildman–Crippen MR) is 127 cm³/mol. The molecule has 5 rings (SSSR count). The summed E-state index contributed by atoms with van der Waals surface area (Å²) in [6.45, 7) is 0. The van der Waals surface area contributed by atoms with E-state index in [9.17, 15) is 28.1 Å². The number of benzene rings is 1. The van der Waals surface area contributed by atoms with E-state index in [1.165, 1.54) is 29.8 Å². The van der Waals surface area contributed by atoms with E-state index < -0.39 is 22.7 Å². The van der Waals surface area contributed by atoms with Crippen LogP contribution in [0.15, 0.2) is 72.4 Å². The summed E-state index contributed by atoms with van der Waals surface area (Å²) in [5.74, 6) is -0.564. The number of hydrogen-bond acceptors (Lipinski definition) is 8. The van der Waals surface area contributed by atoms with E-state index in [-0.39, 0.29) is 34.2 Å². The van der Waals surface area contributed by atoms with Gasteiger partial charge in [-0.05, 0) is 29.6 Å². The van der Waals surface area contributed by atoms with Gasteiger partial charge in [0.05, 0.1) is 33.4 Å². The molecule has 0 atom stereocenters. The summed E-state index contributed by atoms with van der Waals surface area (Å²) < 4.78 is 47.4. The number of aromatic nitrogens is 4. The average Bonchev–Trinajstić information content (AvgIpc) is 3.53. The van der Waals surface area contributed by atoms with E-state index in [0.717, 1.165) is 24.3 Å². The molecule has 0 unspecified atom stereocenters. The van der Waals surface area contributed by atoms with Crippen molar-refractivity contribution in [2.24, 2.45) is 0 Å². The van der Waals surface area contributed by atoms with Crippen molar-refractivity contribution in [1.82, 2.24) is 19.6 Å². The molecule has 0 fully saturated rings. The number of halogens is 3. The zero-order valence-corrected chi connectivity index (χ0v) is 19.2. The van der Waals surface area contributed by atoms with E-state index in [2.05, 4.69) is 20.4 Å². The standard InChI is InChI=1S/C23H13F3N6O4S/c24-23(25,26)20-10-17(19-4-2-6-37-19)29-21-11-18(30-31(20)21)22(33)28-13-7-14(32(34)35)9-16(8-13)36-15-3-1-5-27-12-15/h1-12H,(H,28,33). The summed E-state index contributed by atoms with van der Waals surface area (Å²) in [6, 6.07) is 12.0. The van der Waals surface area contributed by atoms with Crippen LogP contribution in [0.2, 0.25) is 0 Å². The molecular weight excluding hydrogens is 513 g/mol. The summed E-state index contributed by atoms with van der Waals surface area (Å²) in [4.78, 5) is 32.2. The lowest BCUT2D eigenvalue weighted by Gasteiger charge is -2.10. The molecule has 0 aliphatic heterocycles. The predicted octanol–water partition coefficient (Wildman–Crippen LogP) is 5.82. The van der Waals surface area contributed by atoms with Crippen LogP contribution in [0, 0.1) is 10.1 Å². The van der Waals surface area contributed by atoms with Crippen molar-refractivity contribution in [3.8, 4) is 22.1 Å². The van der Waals surface area contributed by atoms with Crippen molar-refractivity contribution in [3.63, 3.8) is 0 Å². The fourth-order valence-electron chi connectivity index (χ4n) is 3.40. The number of nitrogens with one attached hydrogen (secondary N) is 1. The van der Waals surface area contributed by atoms with Crippen molar-refractivity contribution in [3.05, 3.63) is 93.9 Å². The smallest absolute Gasteiger partial charge is 0.433 e. The van der Waals surface area contributed by atoms with Crippen LogP contribution < -0.4 is 10.1 Å². The quantitative estimate of drug-likeness (QED) is 0.218. The molecule has 5 aromatic rings. The van der Waals surface area contributed by atoms with Gasteiger partial charge in [0, 0.05) is 24.4 Å². The molecule has 37 heavy (non-hydrogen) atoms. The first-order valence-electron chi connectivity index (χ1n) is 10.4. The first-order valence-corrected chi connectivity index (χ1v) is 11.3. The fraction of sp³-hybridized carbons (Fsp3) is 0.0435. The number of pyridine rings is 1. The van der Waals surface area contributed by atoms with Crippen molar-refractivity contribution in [2.75, 3.05) is 5.32 Å². The van der Waals surface area contributed by atoms with Crippen LogP contribution in [-0.2, 0) is 6.18 Å². The number of carbonyl (C=O) groups excluding carboxylic acids is 1. The molecular formula is C23H13F3N6O4S. The second-order valence-corrected chi connectivity index (χ2v) is 8.47.